The van der Waals surface area contributed by atoms with E-state index in [0.29, 0.717) is 11.3 Å². The van der Waals surface area contributed by atoms with Crippen LogP contribution in [-0.2, 0) is 0 Å². The van der Waals surface area contributed by atoms with Gasteiger partial charge >= 0.3 is 0 Å². The molecule has 0 spiro atoms. The van der Waals surface area contributed by atoms with Crippen LogP contribution >= 0.6 is 39.0 Å². The van der Waals surface area contributed by atoms with Crippen molar-refractivity contribution in [2.75, 3.05) is 5.75 Å². The van der Waals surface area contributed by atoms with E-state index in [1.165, 1.54) is 23.1 Å². The van der Waals surface area contributed by atoms with Crippen LogP contribution in [0.5, 0.6) is 0 Å². The second-order valence-corrected chi connectivity index (χ2v) is 6.74. The van der Waals surface area contributed by atoms with Gasteiger partial charge in [-0.1, -0.05) is 51.2 Å². The van der Waals surface area contributed by atoms with Crippen molar-refractivity contribution in [2.24, 2.45) is 0 Å². The number of rotatable bonds is 4. The Kier molecular flexibility index (Phi) is 3.63. The maximum Gasteiger partial charge on any atom is 0.235 e. The molecular formula is C11H7BrN4OS2. The number of carbonyl (C=O) groups is 1. The summed E-state index contributed by atoms with van der Waals surface area (Å²) in [6.45, 7) is 0. The Labute approximate surface area is 125 Å². The highest BCUT2D eigenvalue weighted by molar-refractivity contribution is 9.10. The second-order valence-electron chi connectivity index (χ2n) is 3.64. The highest BCUT2D eigenvalue weighted by atomic mass is 79.9. The van der Waals surface area contributed by atoms with Crippen molar-refractivity contribution in [3.8, 4) is 0 Å². The predicted octanol–water partition coefficient (Wildman–Crippen LogP) is 2.92. The van der Waals surface area contributed by atoms with Crippen LogP contribution in [-0.4, -0.2) is 31.3 Å². The summed E-state index contributed by atoms with van der Waals surface area (Å²) in [5.41, 5.74) is 0.707. The number of halogens is 1. The van der Waals surface area contributed by atoms with E-state index in [9.17, 15) is 4.79 Å². The number of benzene rings is 1. The lowest BCUT2D eigenvalue weighted by atomic mass is 10.2. The van der Waals surface area contributed by atoms with Crippen molar-refractivity contribution in [3.05, 3.63) is 40.6 Å². The SMILES string of the molecule is O=C(CSc1nn2cnnc2s1)c1ccc(Br)cc1. The van der Waals surface area contributed by atoms with E-state index in [2.05, 4.69) is 31.2 Å². The molecule has 96 valence electrons. The van der Waals surface area contributed by atoms with Gasteiger partial charge in [-0.2, -0.15) is 4.52 Å². The summed E-state index contributed by atoms with van der Waals surface area (Å²) in [5, 5.41) is 11.9. The van der Waals surface area contributed by atoms with E-state index in [-0.39, 0.29) is 5.78 Å². The molecule has 1 aromatic carbocycles. The molecule has 0 N–H and O–H groups in total. The first-order valence-electron chi connectivity index (χ1n) is 5.31. The average molecular weight is 355 g/mol. The van der Waals surface area contributed by atoms with Crippen molar-refractivity contribution >= 4 is 49.8 Å². The summed E-state index contributed by atoms with van der Waals surface area (Å²) in [7, 11) is 0. The number of Topliss-reactive ketones (excluding diaryl/α,β-unsaturated/α-hetero) is 1. The number of thioether (sulfide) groups is 1. The Morgan fingerprint density at radius 1 is 1.37 bits per heavy atom. The van der Waals surface area contributed by atoms with Crippen LogP contribution in [0.15, 0.2) is 39.4 Å². The van der Waals surface area contributed by atoms with Crippen LogP contribution < -0.4 is 0 Å². The molecule has 0 atom stereocenters. The minimum atomic E-state index is 0.0865. The zero-order valence-electron chi connectivity index (χ0n) is 9.49. The number of fused-ring (bicyclic) bond motifs is 1. The third-order valence-corrected chi connectivity index (χ3v) is 4.94. The highest BCUT2D eigenvalue weighted by Crippen LogP contribution is 2.24. The molecular weight excluding hydrogens is 348 g/mol. The summed E-state index contributed by atoms with van der Waals surface area (Å²) in [5.74, 6) is 0.453. The molecule has 0 amide bonds. The van der Waals surface area contributed by atoms with E-state index >= 15 is 0 Å². The Hall–Kier alpha value is -1.25. The van der Waals surface area contributed by atoms with Gasteiger partial charge in [0.25, 0.3) is 0 Å². The summed E-state index contributed by atoms with van der Waals surface area (Å²) >= 11 is 6.19. The van der Waals surface area contributed by atoms with Gasteiger partial charge < -0.3 is 0 Å². The predicted molar refractivity (Wildman–Crippen MR) is 77.9 cm³/mol. The lowest BCUT2D eigenvalue weighted by molar-refractivity contribution is 0.102. The van der Waals surface area contributed by atoms with Crippen molar-refractivity contribution in [3.63, 3.8) is 0 Å². The molecule has 0 unspecified atom stereocenters. The molecule has 0 aliphatic rings. The second kappa shape index (κ2) is 5.40. The third-order valence-electron chi connectivity index (χ3n) is 2.36. The van der Waals surface area contributed by atoms with Crippen molar-refractivity contribution < 1.29 is 4.79 Å². The molecule has 0 bridgehead atoms. The maximum atomic E-state index is 12.0. The molecule has 3 aromatic rings. The largest absolute Gasteiger partial charge is 0.293 e. The molecule has 8 heteroatoms. The number of carbonyl (C=O) groups excluding carboxylic acids is 1. The van der Waals surface area contributed by atoms with Crippen LogP contribution in [0.2, 0.25) is 0 Å². The van der Waals surface area contributed by atoms with Gasteiger partial charge in [0.2, 0.25) is 4.96 Å². The molecule has 5 nitrogen and oxygen atoms in total. The van der Waals surface area contributed by atoms with Crippen LogP contribution in [0.3, 0.4) is 0 Å². The minimum absolute atomic E-state index is 0.0865. The van der Waals surface area contributed by atoms with Crippen molar-refractivity contribution in [1.82, 2.24) is 19.8 Å². The number of hydrogen-bond donors (Lipinski definition) is 0. The molecule has 0 aliphatic carbocycles. The van der Waals surface area contributed by atoms with Crippen LogP contribution in [0.1, 0.15) is 10.4 Å². The fourth-order valence-corrected chi connectivity index (χ4v) is 3.47. The summed E-state index contributed by atoms with van der Waals surface area (Å²) in [6.07, 6.45) is 1.55. The van der Waals surface area contributed by atoms with Crippen molar-refractivity contribution in [1.29, 1.82) is 0 Å². The molecule has 2 aromatic heterocycles. The first-order valence-corrected chi connectivity index (χ1v) is 7.90. The summed E-state index contributed by atoms with van der Waals surface area (Å²) < 4.78 is 3.39. The number of ketones is 1. The normalized spacial score (nSPS) is 11.0. The number of nitrogens with zero attached hydrogens (tertiary/aromatic N) is 4. The quantitative estimate of drug-likeness (QED) is 0.532. The standard InChI is InChI=1S/C11H7BrN4OS2/c12-8-3-1-7(2-4-8)9(17)5-18-11-15-16-6-13-14-10(16)19-11/h1-4,6H,5H2. The van der Waals surface area contributed by atoms with Gasteiger partial charge in [-0.3, -0.25) is 4.79 Å². The molecule has 0 fully saturated rings. The van der Waals surface area contributed by atoms with Crippen molar-refractivity contribution in [2.45, 2.75) is 4.34 Å². The van der Waals surface area contributed by atoms with Crippen LogP contribution in [0.4, 0.5) is 0 Å². The Morgan fingerprint density at radius 3 is 2.89 bits per heavy atom. The van der Waals surface area contributed by atoms with Crippen LogP contribution in [0.25, 0.3) is 4.96 Å². The maximum absolute atomic E-state index is 12.0. The number of aromatic nitrogens is 4. The highest BCUT2D eigenvalue weighted by Gasteiger charge is 2.10. The Morgan fingerprint density at radius 2 is 2.16 bits per heavy atom. The molecule has 0 radical (unpaired) electrons. The fourth-order valence-electron chi connectivity index (χ4n) is 1.45. The van der Waals surface area contributed by atoms with E-state index in [1.807, 2.05) is 24.3 Å². The molecule has 3 rings (SSSR count). The topological polar surface area (TPSA) is 60.2 Å². The fraction of sp³-hybridized carbons (Fsp3) is 0.0909. The minimum Gasteiger partial charge on any atom is -0.293 e. The Bertz CT molecular complexity index is 693. The van der Waals surface area contributed by atoms with Gasteiger partial charge in [0, 0.05) is 10.0 Å². The average Bonchev–Trinajstić information content (AvgIpc) is 2.97. The zero-order valence-corrected chi connectivity index (χ0v) is 12.7. The monoisotopic (exact) mass is 354 g/mol. The first kappa shape index (κ1) is 12.8. The molecule has 0 aliphatic heterocycles. The summed E-state index contributed by atoms with van der Waals surface area (Å²) in [6, 6.07) is 7.35. The van der Waals surface area contributed by atoms with Gasteiger partial charge in [-0.05, 0) is 12.1 Å². The number of hydrogen-bond acceptors (Lipinski definition) is 6. The molecule has 19 heavy (non-hydrogen) atoms. The lowest BCUT2D eigenvalue weighted by Crippen LogP contribution is -2.01. The molecule has 0 saturated heterocycles. The molecule has 0 saturated carbocycles. The first-order chi connectivity index (χ1) is 9.22. The van der Waals surface area contributed by atoms with E-state index in [0.717, 1.165) is 13.8 Å². The summed E-state index contributed by atoms with van der Waals surface area (Å²) in [4.78, 5) is 12.7. The van der Waals surface area contributed by atoms with Gasteiger partial charge in [0.05, 0.1) is 5.75 Å². The van der Waals surface area contributed by atoms with Gasteiger partial charge in [-0.25, -0.2) is 0 Å². The van der Waals surface area contributed by atoms with Crippen LogP contribution in [0, 0.1) is 0 Å². The van der Waals surface area contributed by atoms with E-state index in [4.69, 9.17) is 0 Å². The van der Waals surface area contributed by atoms with E-state index < -0.39 is 0 Å². The van der Waals surface area contributed by atoms with Gasteiger partial charge in [0.15, 0.2) is 10.1 Å². The van der Waals surface area contributed by atoms with E-state index in [1.54, 1.807) is 10.8 Å². The third kappa shape index (κ3) is 2.85. The lowest BCUT2D eigenvalue weighted by Gasteiger charge is -1.99. The van der Waals surface area contributed by atoms with Gasteiger partial charge in [-0.15, -0.1) is 15.3 Å². The Balaban J connectivity index is 1.67. The molecule has 2 heterocycles. The zero-order chi connectivity index (χ0) is 13.2. The smallest absolute Gasteiger partial charge is 0.235 e. The van der Waals surface area contributed by atoms with Gasteiger partial charge in [0.1, 0.15) is 6.33 Å².